The second-order valence-corrected chi connectivity index (χ2v) is 3.59. The molecule has 9 heteroatoms. The predicted molar refractivity (Wildman–Crippen MR) is 53.9 cm³/mol. The minimum absolute atomic E-state index is 0.910. The van der Waals surface area contributed by atoms with Gasteiger partial charge in [-0.3, -0.25) is 0 Å². The molecular weight excluding hydrogens is 252 g/mol. The quantitative estimate of drug-likeness (QED) is 0.207. The SMILES string of the molecule is CC(O)C(=O)OC(=O)[C@@H](O)[C@H](O)[C@@H](O)[C@@H](O)CO. The maximum atomic E-state index is 11.1. The van der Waals surface area contributed by atoms with Gasteiger partial charge < -0.3 is 35.4 Å². The Labute approximate surface area is 102 Å². The zero-order valence-electron chi connectivity index (χ0n) is 9.50. The molecule has 0 saturated carbocycles. The third-order valence-electron chi connectivity index (χ3n) is 2.04. The van der Waals surface area contributed by atoms with Crippen LogP contribution in [0.15, 0.2) is 0 Å². The Morgan fingerprint density at radius 3 is 1.89 bits per heavy atom. The molecule has 0 aromatic heterocycles. The van der Waals surface area contributed by atoms with Gasteiger partial charge >= 0.3 is 11.9 Å². The van der Waals surface area contributed by atoms with E-state index < -0.39 is 49.1 Å². The van der Waals surface area contributed by atoms with E-state index in [0.717, 1.165) is 6.92 Å². The Bertz CT molecular complexity index is 290. The van der Waals surface area contributed by atoms with Crippen molar-refractivity contribution in [3.05, 3.63) is 0 Å². The molecule has 1 unspecified atom stereocenters. The lowest BCUT2D eigenvalue weighted by Gasteiger charge is -2.24. The van der Waals surface area contributed by atoms with Crippen molar-refractivity contribution in [2.24, 2.45) is 0 Å². The summed E-state index contributed by atoms with van der Waals surface area (Å²) in [6, 6.07) is 0. The minimum Gasteiger partial charge on any atom is -0.394 e. The molecule has 0 bridgehead atoms. The molecule has 0 fully saturated rings. The van der Waals surface area contributed by atoms with E-state index in [9.17, 15) is 24.9 Å². The van der Waals surface area contributed by atoms with E-state index in [0.29, 0.717) is 0 Å². The molecule has 0 aliphatic rings. The lowest BCUT2D eigenvalue weighted by molar-refractivity contribution is -0.180. The molecular formula is C9H16O9. The number of carbonyl (C=O) groups is 2. The van der Waals surface area contributed by atoms with Crippen molar-refractivity contribution in [2.45, 2.75) is 37.4 Å². The van der Waals surface area contributed by atoms with Crippen molar-refractivity contribution in [1.29, 1.82) is 0 Å². The summed E-state index contributed by atoms with van der Waals surface area (Å²) in [4.78, 5) is 21.9. The van der Waals surface area contributed by atoms with Crippen LogP contribution >= 0.6 is 0 Å². The van der Waals surface area contributed by atoms with Crippen LogP contribution in [0.25, 0.3) is 0 Å². The Hall–Kier alpha value is -1.10. The van der Waals surface area contributed by atoms with Gasteiger partial charge in [0.05, 0.1) is 6.61 Å². The highest BCUT2D eigenvalue weighted by Crippen LogP contribution is 2.07. The zero-order chi connectivity index (χ0) is 14.5. The Kier molecular flexibility index (Phi) is 6.91. The summed E-state index contributed by atoms with van der Waals surface area (Å²) in [6.45, 7) is 0.107. The average Bonchev–Trinajstić information content (AvgIpc) is 2.34. The van der Waals surface area contributed by atoms with E-state index in [-0.39, 0.29) is 0 Å². The summed E-state index contributed by atoms with van der Waals surface area (Å²) in [6.07, 6.45) is -9.88. The molecule has 0 radical (unpaired) electrons. The van der Waals surface area contributed by atoms with Crippen molar-refractivity contribution in [3.8, 4) is 0 Å². The molecule has 9 nitrogen and oxygen atoms in total. The molecule has 0 aromatic carbocycles. The van der Waals surface area contributed by atoms with Gasteiger partial charge in [0.2, 0.25) is 0 Å². The maximum Gasteiger partial charge on any atom is 0.345 e. The molecule has 0 aromatic rings. The molecule has 0 spiro atoms. The van der Waals surface area contributed by atoms with Crippen LogP contribution < -0.4 is 0 Å². The van der Waals surface area contributed by atoms with Crippen LogP contribution in [0.1, 0.15) is 6.92 Å². The number of aliphatic hydroxyl groups excluding tert-OH is 6. The van der Waals surface area contributed by atoms with Crippen molar-refractivity contribution in [3.63, 3.8) is 0 Å². The van der Waals surface area contributed by atoms with Gasteiger partial charge in [-0.1, -0.05) is 0 Å². The lowest BCUT2D eigenvalue weighted by atomic mass is 10.0. The first-order chi connectivity index (χ1) is 8.22. The van der Waals surface area contributed by atoms with E-state index in [4.69, 9.17) is 15.3 Å². The smallest absolute Gasteiger partial charge is 0.345 e. The Morgan fingerprint density at radius 2 is 1.50 bits per heavy atom. The van der Waals surface area contributed by atoms with Gasteiger partial charge in [-0.15, -0.1) is 0 Å². The highest BCUT2D eigenvalue weighted by atomic mass is 16.6. The molecule has 0 amide bonds. The minimum atomic E-state index is -2.32. The van der Waals surface area contributed by atoms with Crippen molar-refractivity contribution in [1.82, 2.24) is 0 Å². The van der Waals surface area contributed by atoms with Crippen LogP contribution in [0, 0.1) is 0 Å². The zero-order valence-corrected chi connectivity index (χ0v) is 9.50. The molecule has 0 aliphatic heterocycles. The third-order valence-corrected chi connectivity index (χ3v) is 2.04. The highest BCUT2D eigenvalue weighted by Gasteiger charge is 2.36. The van der Waals surface area contributed by atoms with Gasteiger partial charge in [0.15, 0.2) is 6.10 Å². The first-order valence-electron chi connectivity index (χ1n) is 4.99. The van der Waals surface area contributed by atoms with Gasteiger partial charge in [-0.25, -0.2) is 9.59 Å². The number of hydrogen-bond acceptors (Lipinski definition) is 9. The van der Waals surface area contributed by atoms with Gasteiger partial charge in [-0.2, -0.15) is 0 Å². The van der Waals surface area contributed by atoms with E-state index in [1.54, 1.807) is 0 Å². The van der Waals surface area contributed by atoms with Crippen molar-refractivity contribution < 1.29 is 45.0 Å². The van der Waals surface area contributed by atoms with Crippen LogP contribution in [0.2, 0.25) is 0 Å². The number of carbonyl (C=O) groups excluding carboxylic acids is 2. The summed E-state index contributed by atoms with van der Waals surface area (Å²) in [5.74, 6) is -2.94. The number of esters is 2. The van der Waals surface area contributed by atoms with Crippen LogP contribution in [0.3, 0.4) is 0 Å². The molecule has 18 heavy (non-hydrogen) atoms. The van der Waals surface area contributed by atoms with E-state index in [2.05, 4.69) is 4.74 Å². The van der Waals surface area contributed by atoms with Gasteiger partial charge in [0, 0.05) is 0 Å². The van der Waals surface area contributed by atoms with Crippen molar-refractivity contribution in [2.75, 3.05) is 6.61 Å². The van der Waals surface area contributed by atoms with Crippen LogP contribution in [-0.4, -0.2) is 79.7 Å². The van der Waals surface area contributed by atoms with E-state index >= 15 is 0 Å². The predicted octanol–water partition coefficient (Wildman–Crippen LogP) is -4.13. The Morgan fingerprint density at radius 1 is 1.00 bits per heavy atom. The monoisotopic (exact) mass is 268 g/mol. The fraction of sp³-hybridized carbons (Fsp3) is 0.778. The van der Waals surface area contributed by atoms with Crippen LogP contribution in [-0.2, 0) is 14.3 Å². The highest BCUT2D eigenvalue weighted by molar-refractivity contribution is 5.89. The van der Waals surface area contributed by atoms with Crippen LogP contribution in [0.5, 0.6) is 0 Å². The summed E-state index contributed by atoms with van der Waals surface area (Å²) >= 11 is 0. The number of rotatable bonds is 6. The normalized spacial score (nSPS) is 19.5. The Balaban J connectivity index is 4.50. The largest absolute Gasteiger partial charge is 0.394 e. The number of hydrogen-bond donors (Lipinski definition) is 6. The number of ether oxygens (including phenoxy) is 1. The maximum absolute atomic E-state index is 11.1. The molecule has 0 saturated heterocycles. The van der Waals surface area contributed by atoms with Gasteiger partial charge in [0.25, 0.3) is 0 Å². The summed E-state index contributed by atoms with van der Waals surface area (Å²) in [5, 5.41) is 53.9. The molecule has 0 aliphatic carbocycles. The first kappa shape index (κ1) is 16.9. The average molecular weight is 268 g/mol. The fourth-order valence-electron chi connectivity index (χ4n) is 0.907. The lowest BCUT2D eigenvalue weighted by Crippen LogP contribution is -2.49. The second kappa shape index (κ2) is 7.36. The van der Waals surface area contributed by atoms with Gasteiger partial charge in [0.1, 0.15) is 24.4 Å². The van der Waals surface area contributed by atoms with E-state index in [1.807, 2.05) is 0 Å². The molecule has 6 N–H and O–H groups in total. The van der Waals surface area contributed by atoms with Crippen molar-refractivity contribution >= 4 is 11.9 Å². The first-order valence-corrected chi connectivity index (χ1v) is 4.99. The molecule has 0 rings (SSSR count). The number of aliphatic hydroxyl groups is 6. The van der Waals surface area contributed by atoms with E-state index in [1.165, 1.54) is 0 Å². The van der Waals surface area contributed by atoms with Crippen LogP contribution in [0.4, 0.5) is 0 Å². The molecule has 106 valence electrons. The summed E-state index contributed by atoms with van der Waals surface area (Å²) < 4.78 is 3.97. The second-order valence-electron chi connectivity index (χ2n) is 3.59. The van der Waals surface area contributed by atoms with Gasteiger partial charge in [-0.05, 0) is 6.92 Å². The molecule has 0 heterocycles. The standard InChI is InChI=1S/C9H16O9/c1-3(11)8(16)18-9(17)7(15)6(14)5(13)4(12)2-10/h3-7,10-15H,2H2,1H3/t3?,4-,5-,6+,7-/m0/s1. The topological polar surface area (TPSA) is 165 Å². The third kappa shape index (κ3) is 4.64. The molecule has 5 atom stereocenters. The fourth-order valence-corrected chi connectivity index (χ4v) is 0.907. The summed E-state index contributed by atoms with van der Waals surface area (Å²) in [7, 11) is 0. The summed E-state index contributed by atoms with van der Waals surface area (Å²) in [5.41, 5.74) is 0.